The van der Waals surface area contributed by atoms with Crippen LogP contribution in [0.3, 0.4) is 0 Å². The summed E-state index contributed by atoms with van der Waals surface area (Å²) in [7, 11) is 0. The standard InChI is InChI=1S/C14H14F3NO4/c15-14(16,17)7-18-6-10-4-11(19)2-1-8(10)3-9(13(18)22)5-12(20)21/h1-2,4,9,19H,3,5-7H2,(H,20,21)/p-1/t9-/m1/s1. The van der Waals surface area contributed by atoms with Crippen LogP contribution in [-0.4, -0.2) is 34.6 Å². The molecule has 0 radical (unpaired) electrons. The number of rotatable bonds is 3. The van der Waals surface area contributed by atoms with Crippen molar-refractivity contribution >= 4 is 11.9 Å². The minimum atomic E-state index is -4.59. The molecule has 1 aromatic carbocycles. The second-order valence-corrected chi connectivity index (χ2v) is 5.24. The zero-order chi connectivity index (χ0) is 16.5. The Labute approximate surface area is 124 Å². The predicted octanol–water partition coefficient (Wildman–Crippen LogP) is 0.595. The summed E-state index contributed by atoms with van der Waals surface area (Å²) in [6.07, 6.45) is -5.24. The Morgan fingerprint density at radius 2 is 2.05 bits per heavy atom. The number of carbonyl (C=O) groups excluding carboxylic acids is 2. The number of amides is 1. The number of carboxylic acid groups (broad SMARTS) is 1. The molecule has 0 unspecified atom stereocenters. The van der Waals surface area contributed by atoms with Crippen LogP contribution in [-0.2, 0) is 22.6 Å². The number of aromatic hydroxyl groups is 1. The molecule has 0 fully saturated rings. The third-order valence-corrected chi connectivity index (χ3v) is 3.46. The molecule has 1 heterocycles. The van der Waals surface area contributed by atoms with Crippen LogP contribution in [0.15, 0.2) is 18.2 Å². The average molecular weight is 316 g/mol. The Kier molecular flexibility index (Phi) is 4.30. The van der Waals surface area contributed by atoms with Crippen LogP contribution in [0.4, 0.5) is 13.2 Å². The molecule has 0 saturated heterocycles. The molecule has 0 aromatic heterocycles. The van der Waals surface area contributed by atoms with Crippen molar-refractivity contribution in [1.82, 2.24) is 4.90 Å². The monoisotopic (exact) mass is 316 g/mol. The number of phenols is 1. The van der Waals surface area contributed by atoms with Crippen LogP contribution in [0.2, 0.25) is 0 Å². The lowest BCUT2D eigenvalue weighted by atomic mass is 9.94. The smallest absolute Gasteiger partial charge is 0.406 e. The Balaban J connectivity index is 2.37. The van der Waals surface area contributed by atoms with E-state index in [1.807, 2.05) is 0 Å². The van der Waals surface area contributed by atoms with Gasteiger partial charge in [0, 0.05) is 18.4 Å². The molecular formula is C14H13F3NO4-. The van der Waals surface area contributed by atoms with E-state index in [1.54, 1.807) is 0 Å². The first-order valence-electron chi connectivity index (χ1n) is 6.52. The minimum Gasteiger partial charge on any atom is -0.550 e. The Morgan fingerprint density at radius 1 is 1.36 bits per heavy atom. The van der Waals surface area contributed by atoms with E-state index in [2.05, 4.69) is 0 Å². The second-order valence-electron chi connectivity index (χ2n) is 5.24. The highest BCUT2D eigenvalue weighted by Gasteiger charge is 2.37. The molecule has 1 amide bonds. The van der Waals surface area contributed by atoms with E-state index in [0.717, 1.165) is 0 Å². The number of alkyl halides is 3. The Bertz CT molecular complexity index is 600. The van der Waals surface area contributed by atoms with Gasteiger partial charge in [-0.05, 0) is 36.1 Å². The number of fused-ring (bicyclic) bond motifs is 1. The molecule has 22 heavy (non-hydrogen) atoms. The van der Waals surface area contributed by atoms with Crippen molar-refractivity contribution in [2.24, 2.45) is 5.92 Å². The van der Waals surface area contributed by atoms with Gasteiger partial charge in [0.1, 0.15) is 12.3 Å². The van der Waals surface area contributed by atoms with Crippen LogP contribution < -0.4 is 5.11 Å². The highest BCUT2D eigenvalue weighted by molar-refractivity contribution is 5.83. The number of phenolic OH excluding ortho intramolecular Hbond substituents is 1. The van der Waals surface area contributed by atoms with Crippen LogP contribution in [0.25, 0.3) is 0 Å². The van der Waals surface area contributed by atoms with Crippen molar-refractivity contribution in [2.75, 3.05) is 6.54 Å². The number of carboxylic acids is 1. The first-order valence-corrected chi connectivity index (χ1v) is 6.52. The topological polar surface area (TPSA) is 80.7 Å². The van der Waals surface area contributed by atoms with Gasteiger partial charge in [-0.3, -0.25) is 4.79 Å². The van der Waals surface area contributed by atoms with Crippen molar-refractivity contribution in [3.05, 3.63) is 29.3 Å². The summed E-state index contributed by atoms with van der Waals surface area (Å²) in [4.78, 5) is 23.5. The fourth-order valence-corrected chi connectivity index (χ4v) is 2.56. The van der Waals surface area contributed by atoms with E-state index < -0.39 is 36.9 Å². The Morgan fingerprint density at radius 3 is 2.64 bits per heavy atom. The molecule has 0 aliphatic carbocycles. The second kappa shape index (κ2) is 5.86. The number of benzene rings is 1. The van der Waals surface area contributed by atoms with Gasteiger partial charge in [0.05, 0.1) is 0 Å². The van der Waals surface area contributed by atoms with E-state index >= 15 is 0 Å². The predicted molar refractivity (Wildman–Crippen MR) is 66.4 cm³/mol. The largest absolute Gasteiger partial charge is 0.550 e. The van der Waals surface area contributed by atoms with Crippen molar-refractivity contribution < 1.29 is 33.0 Å². The lowest BCUT2D eigenvalue weighted by Gasteiger charge is -2.25. The fraction of sp³-hybridized carbons (Fsp3) is 0.429. The van der Waals surface area contributed by atoms with Crippen molar-refractivity contribution in [3.63, 3.8) is 0 Å². The molecule has 1 atom stereocenters. The van der Waals surface area contributed by atoms with E-state index in [4.69, 9.17) is 0 Å². The number of hydrogen-bond acceptors (Lipinski definition) is 4. The number of aliphatic carboxylic acids is 1. The molecule has 0 bridgehead atoms. The molecule has 8 heteroatoms. The zero-order valence-electron chi connectivity index (χ0n) is 11.4. The summed E-state index contributed by atoms with van der Waals surface area (Å²) in [6, 6.07) is 4.11. The molecule has 0 saturated carbocycles. The molecule has 1 aromatic rings. The maximum atomic E-state index is 12.6. The van der Waals surface area contributed by atoms with Crippen LogP contribution in [0.5, 0.6) is 5.75 Å². The van der Waals surface area contributed by atoms with Gasteiger partial charge in [-0.2, -0.15) is 13.2 Å². The van der Waals surface area contributed by atoms with Crippen LogP contribution in [0, 0.1) is 5.92 Å². The maximum Gasteiger partial charge on any atom is 0.406 e. The normalized spacial score (nSPS) is 18.8. The third kappa shape index (κ3) is 3.90. The van der Waals surface area contributed by atoms with Gasteiger partial charge in [0.2, 0.25) is 5.91 Å². The lowest BCUT2D eigenvalue weighted by molar-refractivity contribution is -0.306. The summed E-state index contributed by atoms with van der Waals surface area (Å²) in [6.45, 7) is -1.80. The average Bonchev–Trinajstić information content (AvgIpc) is 2.47. The Hall–Kier alpha value is -2.25. The first-order chi connectivity index (χ1) is 10.2. The van der Waals surface area contributed by atoms with E-state index in [0.29, 0.717) is 16.0 Å². The fourth-order valence-electron chi connectivity index (χ4n) is 2.56. The highest BCUT2D eigenvalue weighted by Crippen LogP contribution is 2.29. The SMILES string of the molecule is O=C([O-])C[C@H]1Cc2ccc(O)cc2CN(CC(F)(F)F)C1=O. The first kappa shape index (κ1) is 16.1. The van der Waals surface area contributed by atoms with Crippen LogP contribution in [0.1, 0.15) is 17.5 Å². The molecule has 1 aliphatic rings. The van der Waals surface area contributed by atoms with Crippen molar-refractivity contribution in [1.29, 1.82) is 0 Å². The molecule has 5 nitrogen and oxygen atoms in total. The molecule has 120 valence electrons. The molecule has 1 N–H and O–H groups in total. The summed E-state index contributed by atoms with van der Waals surface area (Å²) in [5.41, 5.74) is 0.917. The maximum absolute atomic E-state index is 12.6. The summed E-state index contributed by atoms with van der Waals surface area (Å²) >= 11 is 0. The summed E-state index contributed by atoms with van der Waals surface area (Å²) < 4.78 is 37.9. The quantitative estimate of drug-likeness (QED) is 0.885. The number of nitrogens with zero attached hydrogens (tertiary/aromatic N) is 1. The van der Waals surface area contributed by atoms with Gasteiger partial charge >= 0.3 is 6.18 Å². The summed E-state index contributed by atoms with van der Waals surface area (Å²) in [5.74, 6) is -3.61. The number of hydrogen-bond donors (Lipinski definition) is 1. The van der Waals surface area contributed by atoms with Gasteiger partial charge in [0.25, 0.3) is 0 Å². The van der Waals surface area contributed by atoms with Crippen molar-refractivity contribution in [3.8, 4) is 5.75 Å². The van der Waals surface area contributed by atoms with E-state index in [-0.39, 0.29) is 18.7 Å². The van der Waals surface area contributed by atoms with E-state index in [1.165, 1.54) is 18.2 Å². The number of carbonyl (C=O) groups is 2. The zero-order valence-corrected chi connectivity index (χ0v) is 11.4. The van der Waals surface area contributed by atoms with Gasteiger partial charge in [-0.25, -0.2) is 0 Å². The van der Waals surface area contributed by atoms with Crippen LogP contribution >= 0.6 is 0 Å². The summed E-state index contributed by atoms with van der Waals surface area (Å²) in [5, 5.41) is 20.2. The van der Waals surface area contributed by atoms with Crippen molar-refractivity contribution in [2.45, 2.75) is 25.6 Å². The van der Waals surface area contributed by atoms with Gasteiger partial charge in [-0.1, -0.05) is 6.07 Å². The molecular weight excluding hydrogens is 303 g/mol. The minimum absolute atomic E-state index is 0.00319. The lowest BCUT2D eigenvalue weighted by Crippen LogP contribution is -2.42. The van der Waals surface area contributed by atoms with Gasteiger partial charge in [0.15, 0.2) is 0 Å². The van der Waals surface area contributed by atoms with Gasteiger partial charge in [-0.15, -0.1) is 0 Å². The molecule has 0 spiro atoms. The number of halogens is 3. The molecule has 2 rings (SSSR count). The van der Waals surface area contributed by atoms with Gasteiger partial charge < -0.3 is 19.9 Å². The molecule has 1 aliphatic heterocycles. The van der Waals surface area contributed by atoms with E-state index in [9.17, 15) is 33.0 Å². The highest BCUT2D eigenvalue weighted by atomic mass is 19.4. The third-order valence-electron chi connectivity index (χ3n) is 3.46.